The van der Waals surface area contributed by atoms with Gasteiger partial charge in [0.05, 0.1) is 5.69 Å². The van der Waals surface area contributed by atoms with E-state index in [0.717, 1.165) is 9.37 Å². The number of hydrogen-bond acceptors (Lipinski definition) is 5. The summed E-state index contributed by atoms with van der Waals surface area (Å²) in [6, 6.07) is 18.0. The van der Waals surface area contributed by atoms with Gasteiger partial charge in [-0.3, -0.25) is 19.8 Å². The van der Waals surface area contributed by atoms with Gasteiger partial charge in [0.1, 0.15) is 10.6 Å². The molecule has 0 unspecified atom stereocenters. The molecule has 2 aromatic carbocycles. The van der Waals surface area contributed by atoms with Gasteiger partial charge in [0, 0.05) is 26.2 Å². The molecule has 3 aromatic rings. The molecule has 1 fully saturated rings. The average Bonchev–Trinajstić information content (AvgIpc) is 2.75. The zero-order valence-corrected chi connectivity index (χ0v) is 19.7. The Hall–Kier alpha value is -2.52. The first-order valence-electron chi connectivity index (χ1n) is 8.98. The number of thiocarbonyl (C=S) groups is 1. The molecule has 1 aromatic heterocycles. The number of carbonyl (C=O) groups is 2. The molecule has 1 N–H and O–H groups in total. The topological polar surface area (TPSA) is 62.3 Å². The van der Waals surface area contributed by atoms with Gasteiger partial charge in [-0.25, -0.2) is 4.98 Å². The second-order valence-electron chi connectivity index (χ2n) is 6.39. The Kier molecular flexibility index (Phi) is 6.52. The number of halogens is 2. The molecular formula is C22H13BrClN3O2S2. The number of anilines is 1. The first-order chi connectivity index (χ1) is 14.9. The fourth-order valence-corrected chi connectivity index (χ4v) is 4.38. The number of hydrogen-bond donors (Lipinski definition) is 1. The summed E-state index contributed by atoms with van der Waals surface area (Å²) in [6.07, 6.45) is 3.21. The number of nitrogens with one attached hydrogen (secondary N) is 1. The largest absolute Gasteiger partial charge is 0.298 e. The summed E-state index contributed by atoms with van der Waals surface area (Å²) < 4.78 is 0.975. The second-order valence-corrected chi connectivity index (χ2v) is 9.19. The highest BCUT2D eigenvalue weighted by atomic mass is 79.9. The summed E-state index contributed by atoms with van der Waals surface area (Å²) in [5, 5.41) is 3.80. The number of benzene rings is 2. The van der Waals surface area contributed by atoms with Crippen molar-refractivity contribution >= 4 is 80.2 Å². The minimum atomic E-state index is -0.552. The van der Waals surface area contributed by atoms with E-state index < -0.39 is 11.8 Å². The SMILES string of the molecule is O=C1NC(=S)N(c2ccc(Cl)cc2)C(=O)C1=Cc1cccnc1Sc1ccc(Br)cc1. The lowest BCUT2D eigenvalue weighted by molar-refractivity contribution is -0.122. The molecule has 1 saturated heterocycles. The molecule has 31 heavy (non-hydrogen) atoms. The van der Waals surface area contributed by atoms with Gasteiger partial charge in [-0.1, -0.05) is 45.4 Å². The zero-order chi connectivity index (χ0) is 22.0. The van der Waals surface area contributed by atoms with Gasteiger partial charge in [-0.2, -0.15) is 0 Å². The van der Waals surface area contributed by atoms with Gasteiger partial charge >= 0.3 is 0 Å². The first-order valence-corrected chi connectivity index (χ1v) is 11.4. The molecule has 1 aliphatic rings. The molecule has 0 aliphatic carbocycles. The number of carbonyl (C=O) groups excluding carboxylic acids is 2. The Bertz CT molecular complexity index is 1210. The van der Waals surface area contributed by atoms with E-state index >= 15 is 0 Å². The fourth-order valence-electron chi connectivity index (χ4n) is 2.85. The summed E-state index contributed by atoms with van der Waals surface area (Å²) in [6.45, 7) is 0. The number of amides is 2. The van der Waals surface area contributed by atoms with E-state index in [0.29, 0.717) is 21.3 Å². The third-order valence-electron chi connectivity index (χ3n) is 4.32. The lowest BCUT2D eigenvalue weighted by atomic mass is 10.1. The van der Waals surface area contributed by atoms with E-state index in [1.807, 2.05) is 24.3 Å². The maximum atomic E-state index is 13.2. The summed E-state index contributed by atoms with van der Waals surface area (Å²) >= 11 is 16.0. The molecule has 0 spiro atoms. The standard InChI is InChI=1S/C22H13BrClN3O2S2/c23-14-3-9-17(10-4-14)31-20-13(2-1-11-25-20)12-18-19(28)26-22(30)27(21(18)29)16-7-5-15(24)6-8-16/h1-12H,(H,26,28,30). The van der Waals surface area contributed by atoms with E-state index in [2.05, 4.69) is 26.2 Å². The quantitative estimate of drug-likeness (QED) is 0.275. The fraction of sp³-hybridized carbons (Fsp3) is 0. The third kappa shape index (κ3) is 4.88. The molecule has 2 heterocycles. The Balaban J connectivity index is 1.69. The number of pyridine rings is 1. The molecule has 0 atom stereocenters. The van der Waals surface area contributed by atoms with E-state index in [-0.39, 0.29) is 10.7 Å². The van der Waals surface area contributed by atoms with Gasteiger partial charge in [-0.15, -0.1) is 0 Å². The van der Waals surface area contributed by atoms with Crippen molar-refractivity contribution in [1.29, 1.82) is 0 Å². The minimum Gasteiger partial charge on any atom is -0.298 e. The normalized spacial score (nSPS) is 15.4. The summed E-state index contributed by atoms with van der Waals surface area (Å²) in [4.78, 5) is 32.5. The monoisotopic (exact) mass is 529 g/mol. The molecule has 2 amide bonds. The van der Waals surface area contributed by atoms with Crippen molar-refractivity contribution in [2.45, 2.75) is 9.92 Å². The van der Waals surface area contributed by atoms with Crippen LogP contribution in [0, 0.1) is 0 Å². The van der Waals surface area contributed by atoms with Crippen molar-refractivity contribution in [2.24, 2.45) is 0 Å². The predicted molar refractivity (Wildman–Crippen MR) is 130 cm³/mol. The van der Waals surface area contributed by atoms with Gasteiger partial charge in [0.25, 0.3) is 11.8 Å². The van der Waals surface area contributed by atoms with Crippen LogP contribution in [0.25, 0.3) is 6.08 Å². The number of nitrogens with zero attached hydrogens (tertiary/aromatic N) is 2. The highest BCUT2D eigenvalue weighted by Crippen LogP contribution is 2.31. The Morgan fingerprint density at radius 2 is 1.77 bits per heavy atom. The van der Waals surface area contributed by atoms with Crippen LogP contribution < -0.4 is 10.2 Å². The molecule has 9 heteroatoms. The molecule has 5 nitrogen and oxygen atoms in total. The van der Waals surface area contributed by atoms with E-state index in [4.69, 9.17) is 23.8 Å². The molecule has 0 radical (unpaired) electrons. The van der Waals surface area contributed by atoms with Gasteiger partial charge in [-0.05, 0) is 72.9 Å². The van der Waals surface area contributed by atoms with Crippen LogP contribution in [-0.4, -0.2) is 21.9 Å². The summed E-state index contributed by atoms with van der Waals surface area (Å²) in [5.41, 5.74) is 1.13. The van der Waals surface area contributed by atoms with Gasteiger partial charge < -0.3 is 0 Å². The second kappa shape index (κ2) is 9.32. The molecule has 154 valence electrons. The van der Waals surface area contributed by atoms with Gasteiger partial charge in [0.2, 0.25) is 0 Å². The first kappa shape index (κ1) is 21.7. The van der Waals surface area contributed by atoms with Crippen LogP contribution in [-0.2, 0) is 9.59 Å². The van der Waals surface area contributed by atoms with Crippen LogP contribution >= 0.6 is 51.5 Å². The Morgan fingerprint density at radius 1 is 1.06 bits per heavy atom. The maximum Gasteiger partial charge on any atom is 0.270 e. The van der Waals surface area contributed by atoms with Crippen molar-refractivity contribution in [3.8, 4) is 0 Å². The van der Waals surface area contributed by atoms with Crippen molar-refractivity contribution in [3.05, 3.63) is 87.5 Å². The highest BCUT2D eigenvalue weighted by molar-refractivity contribution is 9.10. The van der Waals surface area contributed by atoms with E-state index in [1.54, 1.807) is 42.6 Å². The molecule has 0 saturated carbocycles. The van der Waals surface area contributed by atoms with Crippen LogP contribution in [0.1, 0.15) is 5.56 Å². The third-order valence-corrected chi connectivity index (χ3v) is 6.42. The average molecular weight is 531 g/mol. The van der Waals surface area contributed by atoms with Crippen LogP contribution in [0.2, 0.25) is 5.02 Å². The molecular weight excluding hydrogens is 518 g/mol. The minimum absolute atomic E-state index is 0.0186. The van der Waals surface area contributed by atoms with Gasteiger partial charge in [0.15, 0.2) is 5.11 Å². The van der Waals surface area contributed by atoms with Crippen molar-refractivity contribution < 1.29 is 9.59 Å². The van der Waals surface area contributed by atoms with E-state index in [1.165, 1.54) is 22.7 Å². The van der Waals surface area contributed by atoms with Crippen molar-refractivity contribution in [3.63, 3.8) is 0 Å². The lowest BCUT2D eigenvalue weighted by Crippen LogP contribution is -2.54. The summed E-state index contributed by atoms with van der Waals surface area (Å²) in [7, 11) is 0. The Morgan fingerprint density at radius 3 is 2.48 bits per heavy atom. The van der Waals surface area contributed by atoms with Crippen LogP contribution in [0.3, 0.4) is 0 Å². The highest BCUT2D eigenvalue weighted by Gasteiger charge is 2.34. The summed E-state index contributed by atoms with van der Waals surface area (Å²) in [5.74, 6) is -1.07. The van der Waals surface area contributed by atoms with E-state index in [9.17, 15) is 9.59 Å². The van der Waals surface area contributed by atoms with Crippen molar-refractivity contribution in [2.75, 3.05) is 4.90 Å². The molecule has 0 bridgehead atoms. The number of rotatable bonds is 4. The van der Waals surface area contributed by atoms with Crippen LogP contribution in [0.15, 0.2) is 86.8 Å². The molecule has 4 rings (SSSR count). The number of aromatic nitrogens is 1. The van der Waals surface area contributed by atoms with Crippen LogP contribution in [0.5, 0.6) is 0 Å². The smallest absolute Gasteiger partial charge is 0.270 e. The van der Waals surface area contributed by atoms with Crippen molar-refractivity contribution in [1.82, 2.24) is 10.3 Å². The zero-order valence-electron chi connectivity index (χ0n) is 15.7. The maximum absolute atomic E-state index is 13.2. The lowest BCUT2D eigenvalue weighted by Gasteiger charge is -2.29. The molecule has 1 aliphatic heterocycles. The van der Waals surface area contributed by atoms with Crippen LogP contribution in [0.4, 0.5) is 5.69 Å². The predicted octanol–water partition coefficient (Wildman–Crippen LogP) is 5.48. The Labute approximate surface area is 201 Å².